The van der Waals surface area contributed by atoms with Crippen molar-refractivity contribution in [3.8, 4) is 0 Å². The van der Waals surface area contributed by atoms with Gasteiger partial charge in [0.15, 0.2) is 11.6 Å². The molecule has 0 spiro atoms. The van der Waals surface area contributed by atoms with Crippen molar-refractivity contribution >= 4 is 11.6 Å². The molecule has 4 nitrogen and oxygen atoms in total. The second-order valence-electron chi connectivity index (χ2n) is 7.49. The molecule has 0 amide bonds. The molecule has 0 atom stereocenters. The number of likely N-dealkylation sites (tertiary alicyclic amines) is 2. The van der Waals surface area contributed by atoms with Gasteiger partial charge in [-0.15, -0.1) is 0 Å². The van der Waals surface area contributed by atoms with Crippen molar-refractivity contribution < 1.29 is 9.59 Å². The number of allylic oxidation sites excluding steroid dienone is 4. The fraction of sp³-hybridized carbons (Fsp3) is 0.700. The highest BCUT2D eigenvalue weighted by atomic mass is 16.1. The van der Waals surface area contributed by atoms with Crippen molar-refractivity contribution in [2.45, 2.75) is 65.2 Å². The van der Waals surface area contributed by atoms with Crippen LogP contribution in [0.5, 0.6) is 0 Å². The van der Waals surface area contributed by atoms with Gasteiger partial charge in [0.2, 0.25) is 0 Å². The molecule has 0 aromatic heterocycles. The Bertz CT molecular complexity index is 524. The van der Waals surface area contributed by atoms with Gasteiger partial charge in [-0.1, -0.05) is 0 Å². The number of carbonyl (C=O) groups excluding carboxylic acids is 2. The smallest absolute Gasteiger partial charge is 0.179 e. The second-order valence-corrected chi connectivity index (χ2v) is 7.49. The third kappa shape index (κ3) is 3.57. The highest BCUT2D eigenvalue weighted by molar-refractivity contribution is 5.98. The molecule has 2 fully saturated rings. The predicted octanol–water partition coefficient (Wildman–Crippen LogP) is 3.44. The number of Topliss-reactive ketones (excluding diaryl/α,β-unsaturated/α-hetero) is 2. The normalized spacial score (nSPS) is 24.4. The Morgan fingerprint density at radius 3 is 1.17 bits per heavy atom. The Labute approximate surface area is 145 Å². The van der Waals surface area contributed by atoms with Crippen LogP contribution in [0, 0.1) is 0 Å². The monoisotopic (exact) mass is 330 g/mol. The lowest BCUT2D eigenvalue weighted by Crippen LogP contribution is -2.22. The number of ketones is 2. The molecule has 4 aliphatic rings. The van der Waals surface area contributed by atoms with Gasteiger partial charge in [-0.25, -0.2) is 0 Å². The summed E-state index contributed by atoms with van der Waals surface area (Å²) in [6.07, 6.45) is 8.49. The van der Waals surface area contributed by atoms with Gasteiger partial charge < -0.3 is 9.80 Å². The molecule has 2 aliphatic carbocycles. The predicted molar refractivity (Wildman–Crippen MR) is 95.5 cm³/mol. The van der Waals surface area contributed by atoms with E-state index in [4.69, 9.17) is 0 Å². The standard InChI is InChI=1S/2C10H15NO/c2*1-8-4-5-9(12)10(8)11-6-2-3-7-11/h2*2-7H2,1H3. The molecule has 0 aromatic rings. The third-order valence-electron chi connectivity index (χ3n) is 5.64. The van der Waals surface area contributed by atoms with Crippen LogP contribution in [-0.4, -0.2) is 47.5 Å². The van der Waals surface area contributed by atoms with Gasteiger partial charge >= 0.3 is 0 Å². The Morgan fingerprint density at radius 1 is 0.583 bits per heavy atom. The first-order valence-electron chi connectivity index (χ1n) is 9.53. The minimum atomic E-state index is 0.370. The fourth-order valence-electron chi connectivity index (χ4n) is 4.33. The quantitative estimate of drug-likeness (QED) is 0.778. The summed E-state index contributed by atoms with van der Waals surface area (Å²) in [5.41, 5.74) is 4.71. The summed E-state index contributed by atoms with van der Waals surface area (Å²) in [6.45, 7) is 8.57. The number of nitrogens with zero attached hydrogens (tertiary/aromatic N) is 2. The lowest BCUT2D eigenvalue weighted by Gasteiger charge is -2.18. The van der Waals surface area contributed by atoms with Crippen LogP contribution >= 0.6 is 0 Å². The van der Waals surface area contributed by atoms with Crippen molar-refractivity contribution in [3.05, 3.63) is 22.5 Å². The van der Waals surface area contributed by atoms with Crippen molar-refractivity contribution in [2.24, 2.45) is 0 Å². The number of hydrogen-bond donors (Lipinski definition) is 0. The van der Waals surface area contributed by atoms with Gasteiger partial charge in [0.25, 0.3) is 0 Å². The van der Waals surface area contributed by atoms with Gasteiger partial charge in [-0.05, 0) is 63.5 Å². The minimum Gasteiger partial charge on any atom is -0.369 e. The Kier molecular flexibility index (Phi) is 5.42. The maximum absolute atomic E-state index is 11.5. The first-order chi connectivity index (χ1) is 11.6. The fourth-order valence-corrected chi connectivity index (χ4v) is 4.33. The van der Waals surface area contributed by atoms with Crippen LogP contribution in [0.25, 0.3) is 0 Å². The maximum atomic E-state index is 11.5. The molecule has 0 bridgehead atoms. The summed E-state index contributed by atoms with van der Waals surface area (Å²) in [5.74, 6) is 0.740. The SMILES string of the molecule is CC1=C(N2CCCC2)C(=O)CC1.CC1=C(N2CCCC2)C(=O)CC1. The molecule has 4 heteroatoms. The van der Waals surface area contributed by atoms with Crippen LogP contribution in [0.3, 0.4) is 0 Å². The number of hydrogen-bond acceptors (Lipinski definition) is 4. The van der Waals surface area contributed by atoms with Crippen LogP contribution in [0.4, 0.5) is 0 Å². The van der Waals surface area contributed by atoms with Crippen LogP contribution < -0.4 is 0 Å². The minimum absolute atomic E-state index is 0.370. The van der Waals surface area contributed by atoms with E-state index in [2.05, 4.69) is 23.6 Å². The third-order valence-corrected chi connectivity index (χ3v) is 5.64. The average Bonchev–Trinajstić information content (AvgIpc) is 3.31. The molecule has 4 rings (SSSR count). The van der Waals surface area contributed by atoms with E-state index in [0.29, 0.717) is 11.6 Å². The van der Waals surface area contributed by atoms with Crippen LogP contribution in [0.2, 0.25) is 0 Å². The second kappa shape index (κ2) is 7.54. The Hall–Kier alpha value is -1.58. The zero-order chi connectivity index (χ0) is 17.1. The van der Waals surface area contributed by atoms with Crippen molar-refractivity contribution in [1.82, 2.24) is 9.80 Å². The summed E-state index contributed by atoms with van der Waals surface area (Å²) < 4.78 is 0. The van der Waals surface area contributed by atoms with Gasteiger partial charge in [0.1, 0.15) is 0 Å². The van der Waals surface area contributed by atoms with Gasteiger partial charge in [-0.2, -0.15) is 0 Å². The lowest BCUT2D eigenvalue weighted by molar-refractivity contribution is -0.117. The summed E-state index contributed by atoms with van der Waals surface area (Å²) in [6, 6.07) is 0. The highest BCUT2D eigenvalue weighted by Crippen LogP contribution is 2.28. The van der Waals surface area contributed by atoms with Gasteiger partial charge in [-0.3, -0.25) is 9.59 Å². The molecule has 2 saturated heterocycles. The first-order valence-corrected chi connectivity index (χ1v) is 9.53. The van der Waals surface area contributed by atoms with Crippen LogP contribution in [0.1, 0.15) is 65.2 Å². The van der Waals surface area contributed by atoms with E-state index in [0.717, 1.165) is 63.3 Å². The molecular formula is C20H30N2O2. The zero-order valence-corrected chi connectivity index (χ0v) is 15.2. The molecular weight excluding hydrogens is 300 g/mol. The summed E-state index contributed by atoms with van der Waals surface area (Å²) in [5, 5.41) is 0. The molecule has 2 heterocycles. The molecule has 132 valence electrons. The van der Waals surface area contributed by atoms with Crippen LogP contribution in [0.15, 0.2) is 22.5 Å². The molecule has 0 aromatic carbocycles. The van der Waals surface area contributed by atoms with Crippen LogP contribution in [-0.2, 0) is 9.59 Å². The summed E-state index contributed by atoms with van der Waals surface area (Å²) >= 11 is 0. The largest absolute Gasteiger partial charge is 0.369 e. The average molecular weight is 330 g/mol. The van der Waals surface area contributed by atoms with Gasteiger partial charge in [0, 0.05) is 39.0 Å². The zero-order valence-electron chi connectivity index (χ0n) is 15.2. The van der Waals surface area contributed by atoms with Crippen molar-refractivity contribution in [2.75, 3.05) is 26.2 Å². The summed E-state index contributed by atoms with van der Waals surface area (Å²) in [4.78, 5) is 27.5. The number of rotatable bonds is 2. The molecule has 0 radical (unpaired) electrons. The first kappa shape index (κ1) is 17.2. The highest BCUT2D eigenvalue weighted by Gasteiger charge is 2.27. The molecule has 0 unspecified atom stereocenters. The molecule has 2 aliphatic heterocycles. The van der Waals surface area contributed by atoms with Crippen molar-refractivity contribution in [1.29, 1.82) is 0 Å². The summed E-state index contributed by atoms with van der Waals surface area (Å²) in [7, 11) is 0. The van der Waals surface area contributed by atoms with Crippen molar-refractivity contribution in [3.63, 3.8) is 0 Å². The van der Waals surface area contributed by atoms with E-state index < -0.39 is 0 Å². The van der Waals surface area contributed by atoms with Gasteiger partial charge in [0.05, 0.1) is 11.4 Å². The molecule has 24 heavy (non-hydrogen) atoms. The van der Waals surface area contributed by atoms with E-state index in [1.54, 1.807) is 0 Å². The van der Waals surface area contributed by atoms with E-state index in [-0.39, 0.29) is 0 Å². The molecule has 0 N–H and O–H groups in total. The van der Waals surface area contributed by atoms with E-state index in [1.165, 1.54) is 36.8 Å². The number of carbonyl (C=O) groups is 2. The lowest BCUT2D eigenvalue weighted by atomic mass is 10.2. The van der Waals surface area contributed by atoms with E-state index in [1.807, 2.05) is 0 Å². The maximum Gasteiger partial charge on any atom is 0.179 e. The van der Waals surface area contributed by atoms with E-state index >= 15 is 0 Å². The van der Waals surface area contributed by atoms with E-state index in [9.17, 15) is 9.59 Å². The topological polar surface area (TPSA) is 40.6 Å². The Balaban J connectivity index is 0.000000141. The molecule has 0 saturated carbocycles. The Morgan fingerprint density at radius 2 is 0.917 bits per heavy atom.